The predicted octanol–water partition coefficient (Wildman–Crippen LogP) is 3.07. The van der Waals surface area contributed by atoms with Crippen molar-refractivity contribution in [2.75, 3.05) is 17.7 Å². The summed E-state index contributed by atoms with van der Waals surface area (Å²) < 4.78 is 4.94. The minimum atomic E-state index is -0.625. The molecule has 26 heavy (non-hydrogen) atoms. The summed E-state index contributed by atoms with van der Waals surface area (Å²) in [6.45, 7) is 5.82. The molecule has 1 aliphatic heterocycles. The highest BCUT2D eigenvalue weighted by molar-refractivity contribution is 6.35. The Hall–Kier alpha value is -3.22. The standard InChI is InChI=1S/C19H22N4O3/c1-4-26-18(25)23-19(2,3)11-7-13(21-10-11)9-15-14-8-12(20)5-6-16(14)22-17(15)24/h5-10,21H,4,20H2,1-3H3,(H,22,24)(H,23,25)/b15-9-. The van der Waals surface area contributed by atoms with Crippen LogP contribution < -0.4 is 16.4 Å². The van der Waals surface area contributed by atoms with E-state index in [2.05, 4.69) is 15.6 Å². The molecule has 5 N–H and O–H groups in total. The number of nitrogens with two attached hydrogens (primary N) is 1. The number of rotatable bonds is 4. The number of hydrogen-bond donors (Lipinski definition) is 4. The summed E-state index contributed by atoms with van der Waals surface area (Å²) in [5.74, 6) is -0.175. The van der Waals surface area contributed by atoms with Crippen LogP contribution in [0.2, 0.25) is 0 Å². The van der Waals surface area contributed by atoms with Crippen LogP contribution in [0, 0.1) is 0 Å². The van der Waals surface area contributed by atoms with Gasteiger partial charge in [0.15, 0.2) is 0 Å². The van der Waals surface area contributed by atoms with Crippen molar-refractivity contribution in [3.8, 4) is 0 Å². The Balaban J connectivity index is 1.87. The quantitative estimate of drug-likeness (QED) is 0.500. The van der Waals surface area contributed by atoms with Gasteiger partial charge in [-0.1, -0.05) is 0 Å². The average Bonchev–Trinajstić information content (AvgIpc) is 3.14. The van der Waals surface area contributed by atoms with Crippen molar-refractivity contribution >= 4 is 35.0 Å². The zero-order valence-electron chi connectivity index (χ0n) is 15.0. The predicted molar refractivity (Wildman–Crippen MR) is 101 cm³/mol. The molecule has 0 bridgehead atoms. The lowest BCUT2D eigenvalue weighted by molar-refractivity contribution is -0.110. The van der Waals surface area contributed by atoms with Gasteiger partial charge in [-0.2, -0.15) is 0 Å². The third-order valence-corrected chi connectivity index (χ3v) is 4.24. The minimum absolute atomic E-state index is 0.175. The van der Waals surface area contributed by atoms with Crippen molar-refractivity contribution < 1.29 is 14.3 Å². The number of nitrogen functional groups attached to an aromatic ring is 1. The molecule has 1 aliphatic rings. The molecule has 2 aromatic rings. The molecule has 2 amide bonds. The van der Waals surface area contributed by atoms with Gasteiger partial charge in [-0.15, -0.1) is 0 Å². The van der Waals surface area contributed by atoms with Gasteiger partial charge in [0.05, 0.1) is 17.7 Å². The number of anilines is 2. The van der Waals surface area contributed by atoms with Crippen molar-refractivity contribution in [2.24, 2.45) is 0 Å². The number of hydrogen-bond acceptors (Lipinski definition) is 4. The highest BCUT2D eigenvalue weighted by atomic mass is 16.5. The lowest BCUT2D eigenvalue weighted by Gasteiger charge is -2.24. The second-order valence-electron chi connectivity index (χ2n) is 6.63. The maximum atomic E-state index is 12.3. The number of carbonyl (C=O) groups excluding carboxylic acids is 2. The molecule has 1 aromatic carbocycles. The van der Waals surface area contributed by atoms with E-state index in [0.29, 0.717) is 17.9 Å². The van der Waals surface area contributed by atoms with Crippen LogP contribution >= 0.6 is 0 Å². The first kappa shape index (κ1) is 17.6. The Bertz CT molecular complexity index is 896. The lowest BCUT2D eigenvalue weighted by Crippen LogP contribution is -2.41. The number of ether oxygens (including phenoxy) is 1. The molecule has 0 unspecified atom stereocenters. The van der Waals surface area contributed by atoms with Gasteiger partial charge in [-0.25, -0.2) is 4.79 Å². The van der Waals surface area contributed by atoms with Gasteiger partial charge < -0.3 is 26.1 Å². The molecular formula is C19H22N4O3. The van der Waals surface area contributed by atoms with Gasteiger partial charge in [0.1, 0.15) is 0 Å². The molecule has 0 spiro atoms. The summed E-state index contributed by atoms with van der Waals surface area (Å²) in [6.07, 6.45) is 3.09. The smallest absolute Gasteiger partial charge is 0.407 e. The molecule has 0 saturated carbocycles. The van der Waals surface area contributed by atoms with E-state index >= 15 is 0 Å². The van der Waals surface area contributed by atoms with Crippen LogP contribution in [0.1, 0.15) is 37.6 Å². The van der Waals surface area contributed by atoms with Gasteiger partial charge in [0, 0.05) is 28.8 Å². The van der Waals surface area contributed by atoms with E-state index in [0.717, 1.165) is 22.5 Å². The number of nitrogens with one attached hydrogen (secondary N) is 3. The van der Waals surface area contributed by atoms with Gasteiger partial charge in [0.2, 0.25) is 0 Å². The Morgan fingerprint density at radius 1 is 1.35 bits per heavy atom. The third-order valence-electron chi connectivity index (χ3n) is 4.24. The van der Waals surface area contributed by atoms with Gasteiger partial charge in [-0.3, -0.25) is 4.79 Å². The summed E-state index contributed by atoms with van der Waals surface area (Å²) in [4.78, 5) is 27.1. The molecular weight excluding hydrogens is 332 g/mol. The molecule has 0 atom stereocenters. The number of aromatic nitrogens is 1. The first-order valence-corrected chi connectivity index (χ1v) is 8.37. The normalized spacial score (nSPS) is 14.9. The van der Waals surface area contributed by atoms with Crippen LogP contribution in [0.3, 0.4) is 0 Å². The van der Waals surface area contributed by atoms with Gasteiger partial charge in [0.25, 0.3) is 5.91 Å². The van der Waals surface area contributed by atoms with Crippen LogP contribution in [-0.2, 0) is 15.1 Å². The number of alkyl carbamates (subject to hydrolysis) is 1. The van der Waals surface area contributed by atoms with E-state index in [1.165, 1.54) is 0 Å². The maximum Gasteiger partial charge on any atom is 0.407 e. The third kappa shape index (κ3) is 3.42. The van der Waals surface area contributed by atoms with Crippen molar-refractivity contribution in [1.82, 2.24) is 10.3 Å². The zero-order valence-corrected chi connectivity index (χ0v) is 15.0. The fourth-order valence-electron chi connectivity index (χ4n) is 2.86. The number of aromatic amines is 1. The van der Waals surface area contributed by atoms with Crippen molar-refractivity contribution in [2.45, 2.75) is 26.3 Å². The number of carbonyl (C=O) groups is 2. The highest BCUT2D eigenvalue weighted by Gasteiger charge is 2.26. The molecule has 2 heterocycles. The van der Waals surface area contributed by atoms with Gasteiger partial charge >= 0.3 is 6.09 Å². The molecule has 1 aromatic heterocycles. The number of amides is 2. The minimum Gasteiger partial charge on any atom is -0.450 e. The van der Waals surface area contributed by atoms with Crippen LogP contribution in [0.25, 0.3) is 11.6 Å². The van der Waals surface area contributed by atoms with E-state index in [1.807, 2.05) is 19.9 Å². The molecule has 7 heteroatoms. The molecule has 0 aliphatic carbocycles. The Kier molecular flexibility index (Phi) is 4.46. The van der Waals surface area contributed by atoms with Crippen molar-refractivity contribution in [1.29, 1.82) is 0 Å². The monoisotopic (exact) mass is 354 g/mol. The van der Waals surface area contributed by atoms with Crippen LogP contribution in [0.5, 0.6) is 0 Å². The highest BCUT2D eigenvalue weighted by Crippen LogP contribution is 2.34. The molecule has 0 saturated heterocycles. The second kappa shape index (κ2) is 6.59. The van der Waals surface area contributed by atoms with Crippen LogP contribution in [0.15, 0.2) is 30.5 Å². The summed E-state index contributed by atoms with van der Waals surface area (Å²) >= 11 is 0. The van der Waals surface area contributed by atoms with E-state index in [-0.39, 0.29) is 5.91 Å². The molecule has 7 nitrogen and oxygen atoms in total. The topological polar surface area (TPSA) is 109 Å². The largest absolute Gasteiger partial charge is 0.450 e. The number of H-pyrrole nitrogens is 1. The summed E-state index contributed by atoms with van der Waals surface area (Å²) in [5, 5.41) is 5.64. The van der Waals surface area contributed by atoms with E-state index in [9.17, 15) is 9.59 Å². The fourth-order valence-corrected chi connectivity index (χ4v) is 2.86. The average molecular weight is 354 g/mol. The molecule has 0 fully saturated rings. The van der Waals surface area contributed by atoms with E-state index in [4.69, 9.17) is 10.5 Å². The van der Waals surface area contributed by atoms with Crippen molar-refractivity contribution in [3.63, 3.8) is 0 Å². The first-order valence-electron chi connectivity index (χ1n) is 8.37. The van der Waals surface area contributed by atoms with E-state index in [1.54, 1.807) is 37.4 Å². The summed E-state index contributed by atoms with van der Waals surface area (Å²) in [5.41, 5.74) is 9.48. The van der Waals surface area contributed by atoms with Gasteiger partial charge in [-0.05, 0) is 56.7 Å². The molecule has 3 rings (SSSR count). The van der Waals surface area contributed by atoms with Crippen LogP contribution in [0.4, 0.5) is 16.2 Å². The van der Waals surface area contributed by atoms with Crippen molar-refractivity contribution in [3.05, 3.63) is 47.3 Å². The molecule has 136 valence electrons. The fraction of sp³-hybridized carbons (Fsp3) is 0.263. The Labute approximate surface area is 151 Å². The number of benzene rings is 1. The van der Waals surface area contributed by atoms with E-state index < -0.39 is 11.6 Å². The van der Waals surface area contributed by atoms with Crippen LogP contribution in [-0.4, -0.2) is 23.6 Å². The first-order chi connectivity index (χ1) is 12.3. The second-order valence-corrected chi connectivity index (χ2v) is 6.63. The number of fused-ring (bicyclic) bond motifs is 1. The Morgan fingerprint density at radius 2 is 2.12 bits per heavy atom. The lowest BCUT2D eigenvalue weighted by atomic mass is 9.97. The zero-order chi connectivity index (χ0) is 18.9. The summed E-state index contributed by atoms with van der Waals surface area (Å²) in [6, 6.07) is 7.19. The summed E-state index contributed by atoms with van der Waals surface area (Å²) in [7, 11) is 0. The maximum absolute atomic E-state index is 12.3. The Morgan fingerprint density at radius 3 is 2.85 bits per heavy atom. The molecule has 0 radical (unpaired) electrons. The SMILES string of the molecule is CCOC(=O)NC(C)(C)c1c[nH]c(/C=C2\C(=O)Nc3ccc(N)cc32)c1.